The second-order valence-corrected chi connectivity index (χ2v) is 10.3. The van der Waals surface area contributed by atoms with Crippen LogP contribution in [0.25, 0.3) is 10.2 Å². The number of carbonyl (C=O) groups is 1. The summed E-state index contributed by atoms with van der Waals surface area (Å²) >= 11 is 1.40. The molecule has 37 heavy (non-hydrogen) atoms. The molecular formula is C29H32N4O3S. The molecule has 1 aliphatic heterocycles. The van der Waals surface area contributed by atoms with Crippen molar-refractivity contribution < 1.29 is 9.53 Å². The number of carbonyl (C=O) groups excluding carboxylic acids is 1. The maximum absolute atomic E-state index is 14.0. The minimum absolute atomic E-state index is 0.0735. The number of rotatable bonds is 8. The number of morpholine rings is 1. The first-order valence-corrected chi connectivity index (χ1v) is 13.6. The number of hydrogen-bond acceptors (Lipinski definition) is 6. The fourth-order valence-corrected chi connectivity index (χ4v) is 5.62. The number of thiophene rings is 1. The lowest BCUT2D eigenvalue weighted by atomic mass is 10.1. The smallest absolute Gasteiger partial charge is 0.271 e. The Balaban J connectivity index is 1.61. The van der Waals surface area contributed by atoms with Crippen LogP contribution in [0.3, 0.4) is 0 Å². The molecule has 2 aromatic carbocycles. The van der Waals surface area contributed by atoms with Gasteiger partial charge < -0.3 is 15.0 Å². The van der Waals surface area contributed by atoms with Gasteiger partial charge in [0.15, 0.2) is 0 Å². The van der Waals surface area contributed by atoms with Crippen molar-refractivity contribution in [1.29, 1.82) is 0 Å². The summed E-state index contributed by atoms with van der Waals surface area (Å²) in [6.45, 7) is 6.91. The molecule has 1 fully saturated rings. The Kier molecular flexibility index (Phi) is 7.79. The topological polar surface area (TPSA) is 76.5 Å². The predicted octanol–water partition coefficient (Wildman–Crippen LogP) is 4.40. The maximum Gasteiger partial charge on any atom is 0.271 e. The third-order valence-electron chi connectivity index (χ3n) is 6.80. The number of benzene rings is 2. The SMILES string of the molecule is CCC(c1nc2ccsc2c(=O)n1Cc1ccccc1)N(CC1CNCCO1)C(=O)c1ccc(C)cc1. The Bertz CT molecular complexity index is 1410. The van der Waals surface area contributed by atoms with Crippen LogP contribution in [0.5, 0.6) is 0 Å². The van der Waals surface area contributed by atoms with Crippen LogP contribution in [-0.2, 0) is 11.3 Å². The van der Waals surface area contributed by atoms with Gasteiger partial charge in [-0.3, -0.25) is 14.2 Å². The molecule has 2 unspecified atom stereocenters. The number of aromatic nitrogens is 2. The lowest BCUT2D eigenvalue weighted by Crippen LogP contribution is -2.48. The first kappa shape index (κ1) is 25.3. The Morgan fingerprint density at radius 3 is 2.68 bits per heavy atom. The van der Waals surface area contributed by atoms with E-state index in [1.165, 1.54) is 11.3 Å². The summed E-state index contributed by atoms with van der Waals surface area (Å²) in [5.41, 5.74) is 3.31. The summed E-state index contributed by atoms with van der Waals surface area (Å²) in [5, 5.41) is 5.26. The molecule has 7 nitrogen and oxygen atoms in total. The van der Waals surface area contributed by atoms with Crippen LogP contribution in [0.2, 0.25) is 0 Å². The van der Waals surface area contributed by atoms with E-state index in [4.69, 9.17) is 9.72 Å². The zero-order valence-electron chi connectivity index (χ0n) is 21.2. The second-order valence-electron chi connectivity index (χ2n) is 9.43. The third kappa shape index (κ3) is 5.51. The van der Waals surface area contributed by atoms with Gasteiger partial charge in [0.1, 0.15) is 10.5 Å². The van der Waals surface area contributed by atoms with Gasteiger partial charge in [-0.2, -0.15) is 0 Å². The highest BCUT2D eigenvalue weighted by molar-refractivity contribution is 7.17. The third-order valence-corrected chi connectivity index (χ3v) is 7.70. The molecular weight excluding hydrogens is 484 g/mol. The summed E-state index contributed by atoms with van der Waals surface area (Å²) < 4.78 is 8.39. The average molecular weight is 517 g/mol. The van der Waals surface area contributed by atoms with Crippen LogP contribution in [0.1, 0.15) is 46.7 Å². The summed E-state index contributed by atoms with van der Waals surface area (Å²) in [4.78, 5) is 34.6. The number of nitrogens with one attached hydrogen (secondary N) is 1. The molecule has 192 valence electrons. The number of hydrogen-bond donors (Lipinski definition) is 1. The molecule has 3 heterocycles. The Hall–Kier alpha value is -3.33. The lowest BCUT2D eigenvalue weighted by molar-refractivity contribution is -0.00258. The molecule has 0 aliphatic carbocycles. The van der Waals surface area contributed by atoms with Gasteiger partial charge in [0.05, 0.1) is 30.8 Å². The molecule has 2 aromatic heterocycles. The second kappa shape index (κ2) is 11.4. The van der Waals surface area contributed by atoms with E-state index in [1.807, 2.05) is 84.8 Å². The van der Waals surface area contributed by atoms with E-state index in [1.54, 1.807) is 4.57 Å². The van der Waals surface area contributed by atoms with Gasteiger partial charge in [-0.15, -0.1) is 11.3 Å². The zero-order chi connectivity index (χ0) is 25.8. The molecule has 1 saturated heterocycles. The summed E-state index contributed by atoms with van der Waals surface area (Å²) in [5.74, 6) is 0.512. The number of fused-ring (bicyclic) bond motifs is 1. The molecule has 0 bridgehead atoms. The summed E-state index contributed by atoms with van der Waals surface area (Å²) in [6.07, 6.45) is 0.464. The van der Waals surface area contributed by atoms with Gasteiger partial charge in [-0.1, -0.05) is 55.0 Å². The standard InChI is InChI=1S/C29H32N4O3S/c1-3-25(32(19-23-17-30-14-15-36-23)28(34)22-11-9-20(2)10-12-22)27-31-24-13-16-37-26(24)29(35)33(27)18-21-7-5-4-6-8-21/h4-13,16,23,25,30H,3,14-15,17-19H2,1-2H3. The molecule has 0 spiro atoms. The van der Waals surface area contributed by atoms with Gasteiger partial charge in [0.2, 0.25) is 0 Å². The van der Waals surface area contributed by atoms with Crippen molar-refractivity contribution in [2.45, 2.75) is 39.0 Å². The Labute approximate surface area is 220 Å². The first-order valence-electron chi connectivity index (χ1n) is 12.8. The van der Waals surface area contributed by atoms with Crippen molar-refractivity contribution in [1.82, 2.24) is 19.8 Å². The Morgan fingerprint density at radius 2 is 1.97 bits per heavy atom. The molecule has 0 saturated carbocycles. The van der Waals surface area contributed by atoms with E-state index < -0.39 is 6.04 Å². The number of nitrogens with zero attached hydrogens (tertiary/aromatic N) is 3. The molecule has 2 atom stereocenters. The largest absolute Gasteiger partial charge is 0.374 e. The van der Waals surface area contributed by atoms with E-state index in [-0.39, 0.29) is 17.6 Å². The minimum atomic E-state index is -0.403. The van der Waals surface area contributed by atoms with Gasteiger partial charge in [0, 0.05) is 25.2 Å². The van der Waals surface area contributed by atoms with Crippen molar-refractivity contribution in [3.63, 3.8) is 0 Å². The highest BCUT2D eigenvalue weighted by Crippen LogP contribution is 2.28. The number of amides is 1. The highest BCUT2D eigenvalue weighted by Gasteiger charge is 2.32. The van der Waals surface area contributed by atoms with Gasteiger partial charge in [-0.25, -0.2) is 4.98 Å². The predicted molar refractivity (Wildman–Crippen MR) is 147 cm³/mol. The van der Waals surface area contributed by atoms with Crippen LogP contribution in [-0.4, -0.2) is 52.7 Å². The molecule has 4 aromatic rings. The quantitative estimate of drug-likeness (QED) is 0.376. The van der Waals surface area contributed by atoms with E-state index in [2.05, 4.69) is 5.32 Å². The zero-order valence-corrected chi connectivity index (χ0v) is 22.0. The fraction of sp³-hybridized carbons (Fsp3) is 0.345. The fourth-order valence-electron chi connectivity index (χ4n) is 4.85. The minimum Gasteiger partial charge on any atom is -0.374 e. The lowest BCUT2D eigenvalue weighted by Gasteiger charge is -2.36. The van der Waals surface area contributed by atoms with E-state index in [9.17, 15) is 9.59 Å². The van der Waals surface area contributed by atoms with Crippen LogP contribution in [0.15, 0.2) is 70.8 Å². The molecule has 1 N–H and O–H groups in total. The molecule has 8 heteroatoms. The van der Waals surface area contributed by atoms with Crippen molar-refractivity contribution in [3.8, 4) is 0 Å². The van der Waals surface area contributed by atoms with Gasteiger partial charge in [0.25, 0.3) is 11.5 Å². The van der Waals surface area contributed by atoms with Gasteiger partial charge >= 0.3 is 0 Å². The first-order chi connectivity index (χ1) is 18.0. The Morgan fingerprint density at radius 1 is 1.19 bits per heavy atom. The normalized spacial score (nSPS) is 16.5. The van der Waals surface area contributed by atoms with Crippen LogP contribution < -0.4 is 10.9 Å². The van der Waals surface area contributed by atoms with Gasteiger partial charge in [-0.05, 0) is 42.5 Å². The molecule has 0 radical (unpaired) electrons. The van der Waals surface area contributed by atoms with Crippen molar-refractivity contribution in [3.05, 3.63) is 98.9 Å². The van der Waals surface area contributed by atoms with E-state index in [0.717, 1.165) is 17.7 Å². The maximum atomic E-state index is 14.0. The van der Waals surface area contributed by atoms with Crippen LogP contribution >= 0.6 is 11.3 Å². The van der Waals surface area contributed by atoms with E-state index in [0.29, 0.717) is 54.3 Å². The van der Waals surface area contributed by atoms with E-state index >= 15 is 0 Å². The van der Waals surface area contributed by atoms with Crippen molar-refractivity contribution >= 4 is 27.5 Å². The molecule has 5 rings (SSSR count). The monoisotopic (exact) mass is 516 g/mol. The molecule has 1 aliphatic rings. The van der Waals surface area contributed by atoms with Crippen LogP contribution in [0.4, 0.5) is 0 Å². The molecule has 1 amide bonds. The number of aryl methyl sites for hydroxylation is 1. The van der Waals surface area contributed by atoms with Crippen molar-refractivity contribution in [2.75, 3.05) is 26.2 Å². The van der Waals surface area contributed by atoms with Crippen LogP contribution in [0, 0.1) is 6.92 Å². The van der Waals surface area contributed by atoms with Crippen molar-refractivity contribution in [2.24, 2.45) is 0 Å². The highest BCUT2D eigenvalue weighted by atomic mass is 32.1. The summed E-state index contributed by atoms with van der Waals surface area (Å²) in [6, 6.07) is 19.0. The number of ether oxygens (including phenoxy) is 1. The summed E-state index contributed by atoms with van der Waals surface area (Å²) in [7, 11) is 0. The average Bonchev–Trinajstić information content (AvgIpc) is 3.41.